The molecule has 0 fully saturated rings. The van der Waals surface area contributed by atoms with E-state index in [1.54, 1.807) is 12.4 Å². The molecule has 2 heterocycles. The number of hydrogen-bond acceptors (Lipinski definition) is 4. The molecule has 0 saturated carbocycles. The first-order chi connectivity index (χ1) is 8.68. The highest BCUT2D eigenvalue weighted by atomic mass is 32.1. The molecule has 0 unspecified atom stereocenters. The van der Waals surface area contributed by atoms with E-state index in [0.29, 0.717) is 4.77 Å². The summed E-state index contributed by atoms with van der Waals surface area (Å²) in [5, 5.41) is 7.14. The van der Waals surface area contributed by atoms with Crippen LogP contribution in [-0.4, -0.2) is 45.3 Å². The summed E-state index contributed by atoms with van der Waals surface area (Å²) in [5.74, 6) is 0.876. The number of pyridine rings is 1. The van der Waals surface area contributed by atoms with E-state index in [1.165, 1.54) is 0 Å². The van der Waals surface area contributed by atoms with Crippen LogP contribution in [0.1, 0.15) is 6.42 Å². The Hall–Kier alpha value is -1.53. The van der Waals surface area contributed by atoms with E-state index in [2.05, 4.69) is 34.2 Å². The third kappa shape index (κ3) is 3.02. The lowest BCUT2D eigenvalue weighted by atomic mass is 10.2. The maximum absolute atomic E-state index is 5.27. The van der Waals surface area contributed by atoms with Crippen LogP contribution in [0.4, 0.5) is 0 Å². The minimum Gasteiger partial charge on any atom is -0.309 e. The summed E-state index contributed by atoms with van der Waals surface area (Å²) < 4.78 is 2.70. The molecule has 2 rings (SSSR count). The van der Waals surface area contributed by atoms with E-state index in [9.17, 15) is 0 Å². The fourth-order valence-corrected chi connectivity index (χ4v) is 2.01. The molecule has 0 atom stereocenters. The van der Waals surface area contributed by atoms with Crippen LogP contribution in [-0.2, 0) is 6.54 Å². The fraction of sp³-hybridized carbons (Fsp3) is 0.417. The van der Waals surface area contributed by atoms with Crippen LogP contribution in [0.15, 0.2) is 24.5 Å². The number of rotatable bonds is 5. The maximum atomic E-state index is 5.27. The molecule has 0 amide bonds. The summed E-state index contributed by atoms with van der Waals surface area (Å²) in [7, 11) is 4.14. The average molecular weight is 263 g/mol. The van der Waals surface area contributed by atoms with Crippen molar-refractivity contribution in [3.8, 4) is 11.4 Å². The number of aromatic amines is 1. The molecule has 96 valence electrons. The van der Waals surface area contributed by atoms with Gasteiger partial charge < -0.3 is 9.47 Å². The number of H-pyrrole nitrogens is 1. The molecule has 0 aromatic carbocycles. The Kier molecular flexibility index (Phi) is 4.22. The first-order valence-electron chi connectivity index (χ1n) is 5.89. The van der Waals surface area contributed by atoms with Gasteiger partial charge in [0.1, 0.15) is 0 Å². The highest BCUT2D eigenvalue weighted by Crippen LogP contribution is 2.16. The zero-order chi connectivity index (χ0) is 13.0. The van der Waals surface area contributed by atoms with Crippen molar-refractivity contribution in [1.29, 1.82) is 0 Å². The van der Waals surface area contributed by atoms with E-state index in [4.69, 9.17) is 12.2 Å². The summed E-state index contributed by atoms with van der Waals surface area (Å²) in [6, 6.07) is 3.88. The van der Waals surface area contributed by atoms with Crippen LogP contribution in [0.5, 0.6) is 0 Å². The second kappa shape index (κ2) is 5.88. The molecular weight excluding hydrogens is 246 g/mol. The lowest BCUT2D eigenvalue weighted by Gasteiger charge is -2.10. The van der Waals surface area contributed by atoms with E-state index in [0.717, 1.165) is 30.9 Å². The molecule has 2 aromatic heterocycles. The Morgan fingerprint density at radius 2 is 2.06 bits per heavy atom. The van der Waals surface area contributed by atoms with Crippen LogP contribution in [0.3, 0.4) is 0 Å². The Labute approximate surface area is 111 Å². The smallest absolute Gasteiger partial charge is 0.195 e. The standard InChI is InChI=1S/C12H17N5S/c1-16(2)8-3-9-17-11(14-15-12(17)18)10-4-6-13-7-5-10/h4-7H,3,8-9H2,1-2H3,(H,15,18). The van der Waals surface area contributed by atoms with Gasteiger partial charge >= 0.3 is 0 Å². The van der Waals surface area contributed by atoms with Crippen molar-refractivity contribution in [2.24, 2.45) is 0 Å². The van der Waals surface area contributed by atoms with Gasteiger partial charge in [-0.3, -0.25) is 10.1 Å². The molecule has 0 aliphatic rings. The predicted octanol–water partition coefficient (Wildman–Crippen LogP) is 1.95. The van der Waals surface area contributed by atoms with E-state index >= 15 is 0 Å². The second-order valence-corrected chi connectivity index (χ2v) is 4.78. The second-order valence-electron chi connectivity index (χ2n) is 4.40. The van der Waals surface area contributed by atoms with Crippen molar-refractivity contribution in [2.75, 3.05) is 20.6 Å². The van der Waals surface area contributed by atoms with Crippen molar-refractivity contribution in [3.05, 3.63) is 29.3 Å². The SMILES string of the molecule is CN(C)CCCn1c(-c2ccncc2)n[nH]c1=S. The van der Waals surface area contributed by atoms with Crippen LogP contribution >= 0.6 is 12.2 Å². The minimum atomic E-state index is 0.667. The summed E-state index contributed by atoms with van der Waals surface area (Å²) in [6.07, 6.45) is 4.56. The van der Waals surface area contributed by atoms with Gasteiger partial charge in [0.15, 0.2) is 10.6 Å². The van der Waals surface area contributed by atoms with Gasteiger partial charge in [-0.1, -0.05) is 0 Å². The van der Waals surface area contributed by atoms with Gasteiger partial charge in [0.2, 0.25) is 0 Å². The Bertz CT molecular complexity index is 543. The third-order valence-electron chi connectivity index (χ3n) is 2.68. The topological polar surface area (TPSA) is 49.7 Å². The molecule has 0 aliphatic heterocycles. The summed E-state index contributed by atoms with van der Waals surface area (Å²) in [5.41, 5.74) is 1.03. The molecule has 5 nitrogen and oxygen atoms in total. The molecule has 0 aliphatic carbocycles. The first-order valence-corrected chi connectivity index (χ1v) is 6.29. The van der Waals surface area contributed by atoms with E-state index < -0.39 is 0 Å². The molecule has 0 radical (unpaired) electrons. The Morgan fingerprint density at radius 1 is 1.33 bits per heavy atom. The maximum Gasteiger partial charge on any atom is 0.195 e. The Morgan fingerprint density at radius 3 is 2.72 bits per heavy atom. The highest BCUT2D eigenvalue weighted by molar-refractivity contribution is 7.71. The average Bonchev–Trinajstić information content (AvgIpc) is 2.72. The molecule has 18 heavy (non-hydrogen) atoms. The number of hydrogen-bond donors (Lipinski definition) is 1. The zero-order valence-electron chi connectivity index (χ0n) is 10.6. The van der Waals surface area contributed by atoms with Crippen LogP contribution in [0.25, 0.3) is 11.4 Å². The lowest BCUT2D eigenvalue weighted by Crippen LogP contribution is -2.15. The van der Waals surface area contributed by atoms with Gasteiger partial charge in [-0.05, 0) is 51.4 Å². The van der Waals surface area contributed by atoms with Crippen molar-refractivity contribution >= 4 is 12.2 Å². The summed E-state index contributed by atoms with van der Waals surface area (Å²) in [4.78, 5) is 6.18. The fourth-order valence-electron chi connectivity index (χ4n) is 1.79. The first kappa shape index (κ1) is 12.9. The molecule has 0 saturated heterocycles. The van der Waals surface area contributed by atoms with Crippen LogP contribution in [0.2, 0.25) is 0 Å². The molecule has 1 N–H and O–H groups in total. The summed E-state index contributed by atoms with van der Waals surface area (Å²) >= 11 is 5.27. The highest BCUT2D eigenvalue weighted by Gasteiger charge is 2.08. The molecule has 0 spiro atoms. The number of aromatic nitrogens is 4. The van der Waals surface area contributed by atoms with Crippen molar-refractivity contribution in [3.63, 3.8) is 0 Å². The molecule has 6 heteroatoms. The predicted molar refractivity (Wildman–Crippen MR) is 73.8 cm³/mol. The van der Waals surface area contributed by atoms with Gasteiger partial charge in [0.05, 0.1) is 0 Å². The van der Waals surface area contributed by atoms with Crippen LogP contribution < -0.4 is 0 Å². The molecule has 2 aromatic rings. The number of nitrogens with one attached hydrogen (secondary N) is 1. The van der Waals surface area contributed by atoms with Gasteiger partial charge in [-0.25, -0.2) is 0 Å². The van der Waals surface area contributed by atoms with Gasteiger partial charge in [0.25, 0.3) is 0 Å². The quantitative estimate of drug-likeness (QED) is 0.838. The van der Waals surface area contributed by atoms with E-state index in [1.807, 2.05) is 16.7 Å². The lowest BCUT2D eigenvalue weighted by molar-refractivity contribution is 0.386. The molecule has 0 bridgehead atoms. The van der Waals surface area contributed by atoms with Crippen molar-refractivity contribution in [2.45, 2.75) is 13.0 Å². The van der Waals surface area contributed by atoms with Gasteiger partial charge in [-0.2, -0.15) is 5.10 Å². The van der Waals surface area contributed by atoms with Gasteiger partial charge in [-0.15, -0.1) is 0 Å². The summed E-state index contributed by atoms with van der Waals surface area (Å²) in [6.45, 7) is 1.90. The third-order valence-corrected chi connectivity index (χ3v) is 3.00. The van der Waals surface area contributed by atoms with E-state index in [-0.39, 0.29) is 0 Å². The normalized spacial score (nSPS) is 11.1. The molecular formula is C12H17N5S. The van der Waals surface area contributed by atoms with Crippen LogP contribution in [0, 0.1) is 4.77 Å². The largest absolute Gasteiger partial charge is 0.309 e. The minimum absolute atomic E-state index is 0.667. The van der Waals surface area contributed by atoms with Crippen molar-refractivity contribution < 1.29 is 0 Å². The van der Waals surface area contributed by atoms with Crippen molar-refractivity contribution in [1.82, 2.24) is 24.6 Å². The Balaban J connectivity index is 2.20. The zero-order valence-corrected chi connectivity index (χ0v) is 11.4. The number of nitrogens with zero attached hydrogens (tertiary/aromatic N) is 4. The van der Waals surface area contributed by atoms with Gasteiger partial charge in [0, 0.05) is 24.5 Å². The monoisotopic (exact) mass is 263 g/mol.